The van der Waals surface area contributed by atoms with Crippen LogP contribution in [0.4, 0.5) is 5.69 Å². The number of nitrogens with zero attached hydrogens (tertiary/aromatic N) is 1. The van der Waals surface area contributed by atoms with Crippen LogP contribution in [0.15, 0.2) is 12.1 Å². The summed E-state index contributed by atoms with van der Waals surface area (Å²) in [5.74, 6) is 0.231. The van der Waals surface area contributed by atoms with Crippen LogP contribution in [-0.2, 0) is 9.47 Å². The molecule has 0 unspecified atom stereocenters. The highest BCUT2D eigenvalue weighted by atomic mass is 35.5. The maximum atomic E-state index is 10.7. The van der Waals surface area contributed by atoms with Crippen molar-refractivity contribution in [1.29, 1.82) is 0 Å². The van der Waals surface area contributed by atoms with Crippen molar-refractivity contribution in [3.05, 3.63) is 32.3 Å². The smallest absolute Gasteiger partial charge is 0.272 e. The molecule has 1 aliphatic heterocycles. The normalized spacial score (nSPS) is 16.1. The van der Waals surface area contributed by atoms with E-state index in [-0.39, 0.29) is 27.8 Å². The van der Waals surface area contributed by atoms with Crippen LogP contribution in [0.1, 0.15) is 12.8 Å². The third-order valence-electron chi connectivity index (χ3n) is 2.69. The molecule has 0 atom stereocenters. The number of non-ortho nitro benzene ring substituents is 1. The molecule has 1 fully saturated rings. The summed E-state index contributed by atoms with van der Waals surface area (Å²) in [6, 6.07) is 2.41. The average molecular weight is 322 g/mol. The van der Waals surface area contributed by atoms with Crippen molar-refractivity contribution in [2.75, 3.05) is 19.8 Å². The van der Waals surface area contributed by atoms with Gasteiger partial charge in [-0.15, -0.1) is 0 Å². The zero-order valence-corrected chi connectivity index (χ0v) is 12.0. The Labute approximate surface area is 125 Å². The third-order valence-corrected chi connectivity index (χ3v) is 3.25. The first-order chi connectivity index (χ1) is 9.58. The molecule has 110 valence electrons. The summed E-state index contributed by atoms with van der Waals surface area (Å²) < 4.78 is 16.2. The fourth-order valence-electron chi connectivity index (χ4n) is 1.75. The number of nitro benzene ring substituents is 1. The van der Waals surface area contributed by atoms with Gasteiger partial charge in [-0.2, -0.15) is 0 Å². The van der Waals surface area contributed by atoms with Gasteiger partial charge in [0.2, 0.25) is 0 Å². The van der Waals surface area contributed by atoms with Crippen LogP contribution in [0.3, 0.4) is 0 Å². The third kappa shape index (κ3) is 3.96. The van der Waals surface area contributed by atoms with Crippen molar-refractivity contribution in [2.45, 2.75) is 19.1 Å². The van der Waals surface area contributed by atoms with Crippen LogP contribution in [0, 0.1) is 10.1 Å². The van der Waals surface area contributed by atoms with Crippen molar-refractivity contribution in [1.82, 2.24) is 0 Å². The van der Waals surface area contributed by atoms with Gasteiger partial charge in [0, 0.05) is 18.6 Å². The average Bonchev–Trinajstić information content (AvgIpc) is 2.42. The van der Waals surface area contributed by atoms with E-state index in [1.54, 1.807) is 0 Å². The summed E-state index contributed by atoms with van der Waals surface area (Å²) >= 11 is 11.8. The SMILES string of the molecule is O=[N+]([O-])c1cc(Cl)c(OCCC2OCCCO2)c(Cl)c1. The zero-order valence-electron chi connectivity index (χ0n) is 10.5. The summed E-state index contributed by atoms with van der Waals surface area (Å²) in [5.41, 5.74) is -0.175. The predicted molar refractivity (Wildman–Crippen MR) is 73.5 cm³/mol. The second-order valence-corrected chi connectivity index (χ2v) is 4.97. The van der Waals surface area contributed by atoms with Gasteiger partial charge in [-0.1, -0.05) is 23.2 Å². The van der Waals surface area contributed by atoms with Crippen molar-refractivity contribution in [3.63, 3.8) is 0 Å². The van der Waals surface area contributed by atoms with E-state index in [0.29, 0.717) is 26.2 Å². The van der Waals surface area contributed by atoms with E-state index in [9.17, 15) is 10.1 Å². The summed E-state index contributed by atoms with van der Waals surface area (Å²) in [6.07, 6.45) is 1.13. The first-order valence-electron chi connectivity index (χ1n) is 6.07. The molecule has 6 nitrogen and oxygen atoms in total. The molecule has 0 bridgehead atoms. The van der Waals surface area contributed by atoms with Gasteiger partial charge in [-0.3, -0.25) is 10.1 Å². The lowest BCUT2D eigenvalue weighted by molar-refractivity contribution is -0.384. The van der Waals surface area contributed by atoms with Crippen LogP contribution < -0.4 is 4.74 Å². The first-order valence-corrected chi connectivity index (χ1v) is 6.83. The fraction of sp³-hybridized carbons (Fsp3) is 0.500. The fourth-order valence-corrected chi connectivity index (χ4v) is 2.33. The molecule has 1 aromatic rings. The summed E-state index contributed by atoms with van der Waals surface area (Å²) in [6.45, 7) is 1.63. The molecule has 0 radical (unpaired) electrons. The van der Waals surface area contributed by atoms with Crippen LogP contribution in [0.25, 0.3) is 0 Å². The highest BCUT2D eigenvalue weighted by Crippen LogP contribution is 2.36. The number of hydrogen-bond acceptors (Lipinski definition) is 5. The number of rotatable bonds is 5. The molecule has 0 N–H and O–H groups in total. The lowest BCUT2D eigenvalue weighted by Crippen LogP contribution is -2.26. The molecule has 0 amide bonds. The Kier molecular flexibility index (Phi) is 5.42. The number of halogens is 2. The number of benzene rings is 1. The molecule has 20 heavy (non-hydrogen) atoms. The van der Waals surface area contributed by atoms with Gasteiger partial charge in [0.25, 0.3) is 5.69 Å². The molecule has 1 aromatic carbocycles. The lowest BCUT2D eigenvalue weighted by Gasteiger charge is -2.23. The Hall–Kier alpha value is -1.08. The van der Waals surface area contributed by atoms with Crippen molar-refractivity contribution >= 4 is 28.9 Å². The molecule has 0 aromatic heterocycles. The van der Waals surface area contributed by atoms with Crippen LogP contribution in [0.2, 0.25) is 10.0 Å². The second-order valence-electron chi connectivity index (χ2n) is 4.16. The van der Waals surface area contributed by atoms with Gasteiger partial charge in [-0.05, 0) is 6.42 Å². The molecule has 0 aliphatic carbocycles. The topological polar surface area (TPSA) is 70.8 Å². The number of hydrogen-bond donors (Lipinski definition) is 0. The Bertz CT molecular complexity index is 468. The van der Waals surface area contributed by atoms with Crippen molar-refractivity contribution < 1.29 is 19.1 Å². The van der Waals surface area contributed by atoms with Crippen LogP contribution >= 0.6 is 23.2 Å². The van der Waals surface area contributed by atoms with Gasteiger partial charge in [-0.25, -0.2) is 0 Å². The van der Waals surface area contributed by atoms with E-state index in [0.717, 1.165) is 6.42 Å². The molecular weight excluding hydrogens is 309 g/mol. The van der Waals surface area contributed by atoms with Gasteiger partial charge in [0.05, 0.1) is 34.8 Å². The maximum absolute atomic E-state index is 10.7. The van der Waals surface area contributed by atoms with Crippen molar-refractivity contribution in [3.8, 4) is 5.75 Å². The largest absolute Gasteiger partial charge is 0.490 e. The van der Waals surface area contributed by atoms with Gasteiger partial charge >= 0.3 is 0 Å². The van der Waals surface area contributed by atoms with Crippen LogP contribution in [0.5, 0.6) is 5.75 Å². The maximum Gasteiger partial charge on any atom is 0.272 e. The van der Waals surface area contributed by atoms with E-state index in [4.69, 9.17) is 37.4 Å². The van der Waals surface area contributed by atoms with E-state index in [1.807, 2.05) is 0 Å². The second kappa shape index (κ2) is 7.08. The highest BCUT2D eigenvalue weighted by Gasteiger charge is 2.18. The lowest BCUT2D eigenvalue weighted by atomic mass is 10.3. The molecular formula is C12H13Cl2NO5. The predicted octanol–water partition coefficient (Wildman–Crippen LogP) is 3.43. The number of nitro groups is 1. The van der Waals surface area contributed by atoms with E-state index in [2.05, 4.69) is 0 Å². The standard InChI is InChI=1S/C12H13Cl2NO5/c13-9-6-8(15(16)17)7-10(14)12(9)20-5-2-11-18-3-1-4-19-11/h6-7,11H,1-5H2. The van der Waals surface area contributed by atoms with Gasteiger partial charge in [0.15, 0.2) is 12.0 Å². The molecule has 2 rings (SSSR count). The summed E-state index contributed by atoms with van der Waals surface area (Å²) in [7, 11) is 0. The Balaban J connectivity index is 1.93. The van der Waals surface area contributed by atoms with Gasteiger partial charge < -0.3 is 14.2 Å². The highest BCUT2D eigenvalue weighted by molar-refractivity contribution is 6.37. The zero-order chi connectivity index (χ0) is 14.5. The molecule has 8 heteroatoms. The first kappa shape index (κ1) is 15.3. The van der Waals surface area contributed by atoms with E-state index >= 15 is 0 Å². The quantitative estimate of drug-likeness (QED) is 0.613. The number of ether oxygens (including phenoxy) is 3. The molecule has 0 spiro atoms. The minimum absolute atomic E-state index is 0.106. The van der Waals surface area contributed by atoms with E-state index in [1.165, 1.54) is 12.1 Å². The Morgan fingerprint density at radius 1 is 1.30 bits per heavy atom. The monoisotopic (exact) mass is 321 g/mol. The molecule has 0 saturated carbocycles. The van der Waals surface area contributed by atoms with E-state index < -0.39 is 4.92 Å². The summed E-state index contributed by atoms with van der Waals surface area (Å²) in [4.78, 5) is 10.1. The molecule has 1 saturated heterocycles. The van der Waals surface area contributed by atoms with Crippen LogP contribution in [-0.4, -0.2) is 31.0 Å². The summed E-state index contributed by atoms with van der Waals surface area (Å²) in [5, 5.41) is 10.9. The minimum Gasteiger partial charge on any atom is -0.490 e. The van der Waals surface area contributed by atoms with Gasteiger partial charge in [0.1, 0.15) is 0 Å². The molecule has 1 heterocycles. The minimum atomic E-state index is -0.564. The Morgan fingerprint density at radius 2 is 1.90 bits per heavy atom. The molecule has 1 aliphatic rings. The van der Waals surface area contributed by atoms with Crippen molar-refractivity contribution in [2.24, 2.45) is 0 Å². The Morgan fingerprint density at radius 3 is 2.45 bits per heavy atom.